The molecule has 0 aromatic carbocycles. The van der Waals surface area contributed by atoms with Gasteiger partial charge >= 0.3 is 0 Å². The van der Waals surface area contributed by atoms with E-state index in [1.807, 2.05) is 6.07 Å². The van der Waals surface area contributed by atoms with Crippen molar-refractivity contribution in [1.29, 1.82) is 5.26 Å². The van der Waals surface area contributed by atoms with Crippen molar-refractivity contribution >= 4 is 17.4 Å². The summed E-state index contributed by atoms with van der Waals surface area (Å²) < 4.78 is 0. The fourth-order valence-electron chi connectivity index (χ4n) is 1.43. The number of pyridine rings is 1. The van der Waals surface area contributed by atoms with Gasteiger partial charge in [0.05, 0.1) is 11.6 Å². The molecule has 1 fully saturated rings. The maximum absolute atomic E-state index is 8.78. The van der Waals surface area contributed by atoms with Crippen molar-refractivity contribution in [3.63, 3.8) is 0 Å². The van der Waals surface area contributed by atoms with Crippen LogP contribution in [0.4, 0.5) is 5.82 Å². The second kappa shape index (κ2) is 4.47. The molecule has 5 heteroatoms. The zero-order valence-corrected chi connectivity index (χ0v) is 8.87. The van der Waals surface area contributed by atoms with E-state index in [1.165, 1.54) is 0 Å². The summed E-state index contributed by atoms with van der Waals surface area (Å²) in [5.74, 6) is 0.649. The van der Waals surface area contributed by atoms with Crippen LogP contribution in [-0.2, 0) is 4.84 Å². The quantitative estimate of drug-likeness (QED) is 0.732. The van der Waals surface area contributed by atoms with Crippen molar-refractivity contribution in [1.82, 2.24) is 4.98 Å². The van der Waals surface area contributed by atoms with Gasteiger partial charge in [-0.15, -0.1) is 0 Å². The molecule has 0 amide bonds. The molecule has 2 rings (SSSR count). The minimum absolute atomic E-state index is 0.239. The molecule has 0 bridgehead atoms. The third-order valence-corrected chi connectivity index (χ3v) is 2.50. The van der Waals surface area contributed by atoms with Gasteiger partial charge in [0.15, 0.2) is 11.5 Å². The first-order chi connectivity index (χ1) is 7.31. The topological polar surface area (TPSA) is 49.2 Å². The van der Waals surface area contributed by atoms with Crippen LogP contribution in [0.25, 0.3) is 0 Å². The summed E-state index contributed by atoms with van der Waals surface area (Å²) in [7, 11) is 0. The van der Waals surface area contributed by atoms with Crippen molar-refractivity contribution in [2.45, 2.75) is 12.8 Å². The molecule has 0 N–H and O–H groups in total. The van der Waals surface area contributed by atoms with Crippen LogP contribution >= 0.6 is 11.6 Å². The number of anilines is 1. The molecule has 4 nitrogen and oxygen atoms in total. The molecule has 1 saturated heterocycles. The summed E-state index contributed by atoms with van der Waals surface area (Å²) in [4.78, 5) is 9.54. The van der Waals surface area contributed by atoms with E-state index in [0.29, 0.717) is 17.4 Å². The SMILES string of the molecule is N#Cc1nc(N2CCCCO2)ccc1Cl. The van der Waals surface area contributed by atoms with E-state index in [-0.39, 0.29) is 5.69 Å². The molecule has 0 atom stereocenters. The molecule has 1 aliphatic heterocycles. The highest BCUT2D eigenvalue weighted by Gasteiger charge is 2.14. The molecule has 0 saturated carbocycles. The van der Waals surface area contributed by atoms with Gasteiger partial charge in [0.2, 0.25) is 0 Å². The van der Waals surface area contributed by atoms with Crippen LogP contribution in [0.15, 0.2) is 12.1 Å². The third kappa shape index (κ3) is 2.20. The van der Waals surface area contributed by atoms with Gasteiger partial charge in [0.25, 0.3) is 0 Å². The van der Waals surface area contributed by atoms with Gasteiger partial charge in [-0.3, -0.25) is 4.84 Å². The Bertz CT molecular complexity index is 396. The molecule has 0 unspecified atom stereocenters. The zero-order chi connectivity index (χ0) is 10.7. The molecule has 1 aromatic rings. The van der Waals surface area contributed by atoms with E-state index in [9.17, 15) is 0 Å². The molecule has 0 aliphatic carbocycles. The molecule has 2 heterocycles. The predicted molar refractivity (Wildman–Crippen MR) is 56.5 cm³/mol. The van der Waals surface area contributed by atoms with Crippen LogP contribution in [0.1, 0.15) is 18.5 Å². The molecule has 1 aliphatic rings. The summed E-state index contributed by atoms with van der Waals surface area (Å²) in [6, 6.07) is 5.37. The Hall–Kier alpha value is -1.31. The maximum atomic E-state index is 8.78. The van der Waals surface area contributed by atoms with E-state index in [1.54, 1.807) is 17.2 Å². The Kier molecular flexibility index (Phi) is 3.05. The standard InChI is InChI=1S/C10H10ClN3O/c11-8-3-4-10(13-9(8)7-12)14-5-1-2-6-15-14/h3-4H,1-2,5-6H2. The van der Waals surface area contributed by atoms with Gasteiger partial charge in [-0.05, 0) is 25.0 Å². The monoisotopic (exact) mass is 223 g/mol. The number of hydrogen-bond acceptors (Lipinski definition) is 4. The smallest absolute Gasteiger partial charge is 0.161 e. The van der Waals surface area contributed by atoms with E-state index in [0.717, 1.165) is 19.4 Å². The number of nitrogens with zero attached hydrogens (tertiary/aromatic N) is 3. The number of aromatic nitrogens is 1. The number of hydroxylamine groups is 1. The van der Waals surface area contributed by atoms with Crippen molar-refractivity contribution in [3.8, 4) is 6.07 Å². The fourth-order valence-corrected chi connectivity index (χ4v) is 1.57. The second-order valence-electron chi connectivity index (χ2n) is 3.25. The second-order valence-corrected chi connectivity index (χ2v) is 3.66. The minimum Gasteiger partial charge on any atom is -0.272 e. The number of hydrogen-bond donors (Lipinski definition) is 0. The molecule has 78 valence electrons. The lowest BCUT2D eigenvalue weighted by molar-refractivity contribution is 0.0761. The molecule has 15 heavy (non-hydrogen) atoms. The van der Waals surface area contributed by atoms with Crippen molar-refractivity contribution in [2.24, 2.45) is 0 Å². The van der Waals surface area contributed by atoms with Gasteiger partial charge in [-0.2, -0.15) is 5.26 Å². The lowest BCUT2D eigenvalue weighted by atomic mass is 10.3. The van der Waals surface area contributed by atoms with Crippen molar-refractivity contribution < 1.29 is 4.84 Å². The molecular weight excluding hydrogens is 214 g/mol. The van der Waals surface area contributed by atoms with Crippen molar-refractivity contribution in [3.05, 3.63) is 22.8 Å². The van der Waals surface area contributed by atoms with E-state index < -0.39 is 0 Å². The molecule has 1 aromatic heterocycles. The normalized spacial score (nSPS) is 16.1. The molecule has 0 spiro atoms. The molecule has 0 radical (unpaired) electrons. The average Bonchev–Trinajstić information content (AvgIpc) is 2.31. The Morgan fingerprint density at radius 1 is 1.47 bits per heavy atom. The van der Waals surface area contributed by atoms with E-state index in [2.05, 4.69) is 4.98 Å². The Labute approximate surface area is 93.0 Å². The number of rotatable bonds is 1. The highest BCUT2D eigenvalue weighted by atomic mass is 35.5. The Balaban J connectivity index is 2.25. The fraction of sp³-hybridized carbons (Fsp3) is 0.400. The van der Waals surface area contributed by atoms with E-state index >= 15 is 0 Å². The summed E-state index contributed by atoms with van der Waals surface area (Å²) >= 11 is 5.79. The van der Waals surface area contributed by atoms with Gasteiger partial charge in [-0.1, -0.05) is 11.6 Å². The summed E-state index contributed by atoms with van der Waals surface area (Å²) in [5, 5.41) is 10.9. The Morgan fingerprint density at radius 2 is 2.33 bits per heavy atom. The Morgan fingerprint density at radius 3 is 3.00 bits per heavy atom. The van der Waals surface area contributed by atoms with Gasteiger partial charge in [0.1, 0.15) is 6.07 Å². The highest BCUT2D eigenvalue weighted by Crippen LogP contribution is 2.20. The van der Waals surface area contributed by atoms with Crippen LogP contribution < -0.4 is 5.06 Å². The van der Waals surface area contributed by atoms with Crippen molar-refractivity contribution in [2.75, 3.05) is 18.2 Å². The third-order valence-electron chi connectivity index (χ3n) is 2.20. The largest absolute Gasteiger partial charge is 0.272 e. The zero-order valence-electron chi connectivity index (χ0n) is 8.11. The van der Waals surface area contributed by atoms with Gasteiger partial charge < -0.3 is 0 Å². The summed E-state index contributed by atoms with van der Waals surface area (Å²) in [6.07, 6.45) is 2.14. The lowest BCUT2D eigenvalue weighted by Crippen LogP contribution is -2.30. The average molecular weight is 224 g/mol. The first-order valence-corrected chi connectivity index (χ1v) is 5.16. The predicted octanol–water partition coefficient (Wildman–Crippen LogP) is 2.14. The van der Waals surface area contributed by atoms with E-state index in [4.69, 9.17) is 21.7 Å². The summed E-state index contributed by atoms with van der Waals surface area (Å²) in [5.41, 5.74) is 0.239. The maximum Gasteiger partial charge on any atom is 0.161 e. The lowest BCUT2D eigenvalue weighted by Gasteiger charge is -2.26. The highest BCUT2D eigenvalue weighted by molar-refractivity contribution is 6.31. The van der Waals surface area contributed by atoms with Crippen LogP contribution in [0.2, 0.25) is 5.02 Å². The number of halogens is 1. The van der Waals surface area contributed by atoms with Crippen LogP contribution in [-0.4, -0.2) is 18.1 Å². The summed E-state index contributed by atoms with van der Waals surface area (Å²) in [6.45, 7) is 1.51. The van der Waals surface area contributed by atoms with Gasteiger partial charge in [-0.25, -0.2) is 10.0 Å². The van der Waals surface area contributed by atoms with Gasteiger partial charge in [0, 0.05) is 6.54 Å². The van der Waals surface area contributed by atoms with Crippen LogP contribution in [0, 0.1) is 11.3 Å². The first-order valence-electron chi connectivity index (χ1n) is 4.78. The number of nitriles is 1. The van der Waals surface area contributed by atoms with Crippen LogP contribution in [0.5, 0.6) is 0 Å². The van der Waals surface area contributed by atoms with Crippen LogP contribution in [0.3, 0.4) is 0 Å². The molecular formula is C10H10ClN3O. The first kappa shape index (κ1) is 10.2. The minimum atomic E-state index is 0.239.